The minimum atomic E-state index is -1.39. The van der Waals surface area contributed by atoms with Crippen LogP contribution < -0.4 is 11.1 Å². The summed E-state index contributed by atoms with van der Waals surface area (Å²) in [5.74, 6) is 0.0925. The van der Waals surface area contributed by atoms with E-state index in [-0.39, 0.29) is 41.7 Å². The first kappa shape index (κ1) is 39.8. The molecule has 2 saturated heterocycles. The number of piperidine rings is 1. The second-order valence-corrected chi connectivity index (χ2v) is 19.1. The zero-order valence-electron chi connectivity index (χ0n) is 32.5. The molecule has 2 aliphatic heterocycles. The summed E-state index contributed by atoms with van der Waals surface area (Å²) >= 11 is 0. The highest BCUT2D eigenvalue weighted by Crippen LogP contribution is 2.70. The number of aliphatic hydroxyl groups excluding tert-OH is 2. The number of fused-ring (bicyclic) bond motifs is 5. The van der Waals surface area contributed by atoms with Gasteiger partial charge in [0, 0.05) is 16.7 Å². The first-order chi connectivity index (χ1) is 24.1. The van der Waals surface area contributed by atoms with Gasteiger partial charge in [-0.3, -0.25) is 4.79 Å². The summed E-state index contributed by atoms with van der Waals surface area (Å²) in [4.78, 5) is 14.1. The van der Waals surface area contributed by atoms with Crippen LogP contribution in [-0.2, 0) is 9.53 Å². The Kier molecular flexibility index (Phi) is 11.4. The maximum atomic E-state index is 14.1. The van der Waals surface area contributed by atoms with Crippen LogP contribution in [-0.4, -0.2) is 85.7 Å². The fraction of sp³-hybridized carbons (Fsp3) is 0.929. The average molecular weight is 717 g/mol. The van der Waals surface area contributed by atoms with Crippen LogP contribution in [0.5, 0.6) is 0 Å². The third-order valence-electron chi connectivity index (χ3n) is 16.3. The number of carbonyl (C=O) groups is 1. The second-order valence-electron chi connectivity index (χ2n) is 19.1. The van der Waals surface area contributed by atoms with Crippen molar-refractivity contribution in [3.05, 3.63) is 11.6 Å². The Bertz CT molecular complexity index is 1290. The molecule has 0 spiro atoms. The van der Waals surface area contributed by atoms with Crippen molar-refractivity contribution >= 4 is 5.78 Å². The van der Waals surface area contributed by atoms with Crippen LogP contribution in [0.2, 0.25) is 0 Å². The molecule has 9 nitrogen and oxygen atoms in total. The lowest BCUT2D eigenvalue weighted by Crippen LogP contribution is -2.62. The van der Waals surface area contributed by atoms with E-state index in [1.165, 1.54) is 6.42 Å². The molecule has 14 unspecified atom stereocenters. The predicted octanol–water partition coefficient (Wildman–Crippen LogP) is 5.28. The van der Waals surface area contributed by atoms with Crippen molar-refractivity contribution in [3.63, 3.8) is 0 Å². The predicted molar refractivity (Wildman–Crippen MR) is 198 cm³/mol. The van der Waals surface area contributed by atoms with E-state index in [9.17, 15) is 30.3 Å². The van der Waals surface area contributed by atoms with Crippen LogP contribution in [0.15, 0.2) is 11.6 Å². The van der Waals surface area contributed by atoms with E-state index in [0.717, 1.165) is 82.7 Å². The van der Waals surface area contributed by atoms with Crippen molar-refractivity contribution in [2.75, 3.05) is 13.2 Å². The maximum Gasteiger partial charge on any atom is 0.159 e. The summed E-state index contributed by atoms with van der Waals surface area (Å²) < 4.78 is 6.40. The smallest absolute Gasteiger partial charge is 0.159 e. The zero-order valence-corrected chi connectivity index (χ0v) is 32.5. The van der Waals surface area contributed by atoms with Crippen molar-refractivity contribution < 1.29 is 35.1 Å². The van der Waals surface area contributed by atoms with Crippen LogP contribution in [0, 0.1) is 39.9 Å². The minimum Gasteiger partial charge on any atom is -0.396 e. The van der Waals surface area contributed by atoms with Gasteiger partial charge in [-0.05, 0) is 132 Å². The number of hydrogen-bond acceptors (Lipinski definition) is 9. The molecule has 4 aliphatic carbocycles. The number of nitrogens with two attached hydrogens (primary N) is 1. The van der Waals surface area contributed by atoms with Crippen molar-refractivity contribution in [3.8, 4) is 0 Å². The van der Waals surface area contributed by atoms with Gasteiger partial charge in [-0.25, -0.2) is 0 Å². The average Bonchev–Trinajstić information content (AvgIpc) is 3.86. The molecule has 0 amide bonds. The van der Waals surface area contributed by atoms with Gasteiger partial charge < -0.3 is 41.3 Å². The Morgan fingerprint density at radius 3 is 2.41 bits per heavy atom. The second kappa shape index (κ2) is 14.6. The molecule has 14 atom stereocenters. The zero-order chi connectivity index (χ0) is 37.0. The number of hydrogen-bond donors (Lipinski definition) is 7. The molecule has 0 bridgehead atoms. The van der Waals surface area contributed by atoms with Gasteiger partial charge in [0.05, 0.1) is 35.7 Å². The number of epoxide rings is 1. The lowest BCUT2D eigenvalue weighted by molar-refractivity contribution is -0.160. The van der Waals surface area contributed by atoms with Gasteiger partial charge in [0.15, 0.2) is 5.78 Å². The molecule has 6 rings (SSSR count). The number of ketones is 1. The standard InChI is InChI=1S/C42H72N2O7/c1-6-8-9-10-17-40-20-12-28(46)24-31(40)32(47)25-30-29(40)13-19-38(4)33(14-21-42(30,38)50)41(49,16-7-2)36-35(51-36)39(5,48)37(3,26-45)18-11-27-15-22-44-34(43)23-27/h25,27-29,31,33-36,44-46,48-50H,6-24,26,43H2,1-5H3. The number of rotatable bonds is 15. The minimum absolute atomic E-state index is 0.0258. The SMILES string of the molecule is CCCCCCC12CCC(O)CC1C(=O)C=C1C2CCC2(C)C(C(O)(CCC)C3OC3C(C)(O)C(C)(CO)CCC3CCNC(N)C3)CCC12O. The third-order valence-corrected chi connectivity index (χ3v) is 16.3. The molecular formula is C42H72N2O7. The van der Waals surface area contributed by atoms with Gasteiger partial charge >= 0.3 is 0 Å². The lowest BCUT2D eigenvalue weighted by Gasteiger charge is -2.61. The Hall–Kier alpha value is -0.910. The van der Waals surface area contributed by atoms with Crippen molar-refractivity contribution in [1.29, 1.82) is 0 Å². The fourth-order valence-electron chi connectivity index (χ4n) is 12.8. The number of ether oxygens (including phenoxy) is 1. The summed E-state index contributed by atoms with van der Waals surface area (Å²) in [5, 5.41) is 63.0. The van der Waals surface area contributed by atoms with E-state index >= 15 is 0 Å². The number of aliphatic hydroxyl groups is 5. The summed E-state index contributed by atoms with van der Waals surface area (Å²) in [5.41, 5.74) is 1.40. The Morgan fingerprint density at radius 2 is 1.73 bits per heavy atom. The van der Waals surface area contributed by atoms with Crippen LogP contribution in [0.3, 0.4) is 0 Å². The van der Waals surface area contributed by atoms with E-state index in [0.29, 0.717) is 44.4 Å². The van der Waals surface area contributed by atoms with Gasteiger partial charge in [-0.15, -0.1) is 0 Å². The molecule has 6 aliphatic rings. The monoisotopic (exact) mass is 717 g/mol. The number of unbranched alkanes of at least 4 members (excludes halogenated alkanes) is 3. The van der Waals surface area contributed by atoms with Gasteiger partial charge in [-0.1, -0.05) is 59.8 Å². The van der Waals surface area contributed by atoms with Crippen LogP contribution >= 0.6 is 0 Å². The van der Waals surface area contributed by atoms with Crippen molar-refractivity contribution in [2.24, 2.45) is 45.7 Å². The van der Waals surface area contributed by atoms with Crippen LogP contribution in [0.1, 0.15) is 150 Å². The van der Waals surface area contributed by atoms with Gasteiger partial charge in [0.2, 0.25) is 0 Å². The van der Waals surface area contributed by atoms with Crippen molar-refractivity contribution in [1.82, 2.24) is 5.32 Å². The molecule has 5 fully saturated rings. The van der Waals surface area contributed by atoms with Gasteiger partial charge in [0.25, 0.3) is 0 Å². The van der Waals surface area contributed by atoms with E-state index in [1.807, 2.05) is 6.92 Å². The first-order valence-electron chi connectivity index (χ1n) is 20.9. The summed E-state index contributed by atoms with van der Waals surface area (Å²) in [6, 6.07) is 0. The largest absolute Gasteiger partial charge is 0.396 e. The van der Waals surface area contributed by atoms with E-state index in [2.05, 4.69) is 26.1 Å². The van der Waals surface area contributed by atoms with Gasteiger partial charge in [0.1, 0.15) is 12.2 Å². The molecule has 0 aromatic heterocycles. The quantitative estimate of drug-likeness (QED) is 0.0881. The molecule has 2 heterocycles. The van der Waals surface area contributed by atoms with Gasteiger partial charge in [-0.2, -0.15) is 0 Å². The molecule has 0 aromatic rings. The molecular weight excluding hydrogens is 644 g/mol. The first-order valence-corrected chi connectivity index (χ1v) is 20.9. The Balaban J connectivity index is 1.26. The van der Waals surface area contributed by atoms with E-state index < -0.39 is 45.9 Å². The Morgan fingerprint density at radius 1 is 0.961 bits per heavy atom. The summed E-state index contributed by atoms with van der Waals surface area (Å²) in [6.45, 7) is 10.8. The van der Waals surface area contributed by atoms with E-state index in [1.54, 1.807) is 13.0 Å². The molecule has 292 valence electrons. The number of allylic oxidation sites excluding steroid dienone is 1. The normalized spacial score (nSPS) is 44.3. The molecule has 0 aromatic carbocycles. The maximum absolute atomic E-state index is 14.1. The molecule has 3 saturated carbocycles. The third kappa shape index (κ3) is 6.53. The molecule has 0 radical (unpaired) electrons. The molecule has 9 heteroatoms. The molecule has 51 heavy (non-hydrogen) atoms. The summed E-state index contributed by atoms with van der Waals surface area (Å²) in [7, 11) is 0. The highest BCUT2D eigenvalue weighted by atomic mass is 16.6. The topological polar surface area (TPSA) is 169 Å². The lowest BCUT2D eigenvalue weighted by atomic mass is 9.44. The van der Waals surface area contributed by atoms with Crippen LogP contribution in [0.4, 0.5) is 0 Å². The number of carbonyl (C=O) groups excluding carboxylic acids is 1. The molecule has 8 N–H and O–H groups in total. The van der Waals surface area contributed by atoms with Crippen LogP contribution in [0.25, 0.3) is 0 Å². The highest BCUT2D eigenvalue weighted by molar-refractivity contribution is 5.95. The fourth-order valence-corrected chi connectivity index (χ4v) is 12.8. The number of nitrogens with one attached hydrogen (secondary N) is 1. The summed E-state index contributed by atoms with van der Waals surface area (Å²) in [6.07, 6.45) is 14.8. The van der Waals surface area contributed by atoms with E-state index in [4.69, 9.17) is 10.5 Å². The Labute approximate surface area is 307 Å². The van der Waals surface area contributed by atoms with Crippen molar-refractivity contribution in [2.45, 2.75) is 191 Å². The highest BCUT2D eigenvalue weighted by Gasteiger charge is 2.74.